The second-order valence-electron chi connectivity index (χ2n) is 4.56. The Labute approximate surface area is 109 Å². The molecule has 100 valence electrons. The molecule has 0 atom stereocenters. The molecule has 1 rings (SSSR count). The van der Waals surface area contributed by atoms with Crippen LogP contribution in [0.1, 0.15) is 42.2 Å². The Morgan fingerprint density at radius 1 is 1.44 bits per heavy atom. The number of hydrogen-bond donors (Lipinski definition) is 1. The fourth-order valence-electron chi connectivity index (χ4n) is 1.84. The number of anilines is 1. The molecular weight excluding hydrogens is 226 g/mol. The molecule has 0 aliphatic rings. The normalized spacial score (nSPS) is 10.2. The highest BCUT2D eigenvalue weighted by Gasteiger charge is 2.15. The number of hydrogen-bond acceptors (Lipinski definition) is 3. The third-order valence-corrected chi connectivity index (χ3v) is 2.98. The number of aromatic nitrogens is 1. The Morgan fingerprint density at radius 3 is 2.78 bits per heavy atom. The number of carbonyl (C=O) groups excluding carboxylic acids is 1. The van der Waals surface area contributed by atoms with Gasteiger partial charge in [0.2, 0.25) is 0 Å². The molecule has 4 nitrogen and oxygen atoms in total. The molecule has 1 amide bonds. The minimum absolute atomic E-state index is 0.0305. The average Bonchev–Trinajstić information content (AvgIpc) is 2.37. The molecule has 1 aromatic rings. The van der Waals surface area contributed by atoms with Gasteiger partial charge >= 0.3 is 0 Å². The van der Waals surface area contributed by atoms with Crippen molar-refractivity contribution in [3.8, 4) is 0 Å². The molecule has 0 radical (unpaired) electrons. The van der Waals surface area contributed by atoms with E-state index in [1.165, 1.54) is 0 Å². The van der Waals surface area contributed by atoms with E-state index >= 15 is 0 Å². The van der Waals surface area contributed by atoms with E-state index in [0.29, 0.717) is 5.56 Å². The molecule has 1 heterocycles. The van der Waals surface area contributed by atoms with E-state index in [9.17, 15) is 4.79 Å². The predicted octanol–water partition coefficient (Wildman–Crippen LogP) is 2.69. The van der Waals surface area contributed by atoms with Crippen LogP contribution in [-0.4, -0.2) is 36.4 Å². The van der Waals surface area contributed by atoms with E-state index in [1.54, 1.807) is 11.1 Å². The Kier molecular flexibility index (Phi) is 5.62. The average molecular weight is 249 g/mol. The van der Waals surface area contributed by atoms with Crippen molar-refractivity contribution in [2.24, 2.45) is 0 Å². The van der Waals surface area contributed by atoms with Crippen LogP contribution in [0.2, 0.25) is 0 Å². The molecule has 0 aliphatic carbocycles. The number of nitrogens with one attached hydrogen (secondary N) is 1. The molecule has 0 saturated carbocycles. The number of carbonyl (C=O) groups is 1. The Hall–Kier alpha value is -1.58. The van der Waals surface area contributed by atoms with Crippen LogP contribution < -0.4 is 5.32 Å². The van der Waals surface area contributed by atoms with Crippen molar-refractivity contribution in [3.05, 3.63) is 23.5 Å². The van der Waals surface area contributed by atoms with Crippen LogP contribution in [0.25, 0.3) is 0 Å². The van der Waals surface area contributed by atoms with Crippen LogP contribution in [0.4, 0.5) is 5.69 Å². The smallest absolute Gasteiger partial charge is 0.257 e. The van der Waals surface area contributed by atoms with E-state index in [0.717, 1.165) is 37.2 Å². The van der Waals surface area contributed by atoms with Crippen molar-refractivity contribution in [2.45, 2.75) is 33.1 Å². The van der Waals surface area contributed by atoms with Crippen molar-refractivity contribution in [1.29, 1.82) is 0 Å². The van der Waals surface area contributed by atoms with E-state index < -0.39 is 0 Å². The first-order valence-corrected chi connectivity index (χ1v) is 6.50. The first-order chi connectivity index (χ1) is 8.60. The lowest BCUT2D eigenvalue weighted by Gasteiger charge is -2.18. The summed E-state index contributed by atoms with van der Waals surface area (Å²) in [5, 5.41) is 3.05. The minimum atomic E-state index is 0.0305. The van der Waals surface area contributed by atoms with Gasteiger partial charge in [-0.1, -0.05) is 19.8 Å². The molecule has 0 aliphatic heterocycles. The second-order valence-corrected chi connectivity index (χ2v) is 4.56. The highest BCUT2D eigenvalue weighted by molar-refractivity contribution is 5.99. The summed E-state index contributed by atoms with van der Waals surface area (Å²) in [4.78, 5) is 18.2. The first-order valence-electron chi connectivity index (χ1n) is 6.50. The maximum absolute atomic E-state index is 12.3. The summed E-state index contributed by atoms with van der Waals surface area (Å²) in [6.45, 7) is 4.87. The van der Waals surface area contributed by atoms with E-state index in [2.05, 4.69) is 17.2 Å². The van der Waals surface area contributed by atoms with Crippen molar-refractivity contribution >= 4 is 11.6 Å². The fourth-order valence-corrected chi connectivity index (χ4v) is 1.84. The zero-order valence-corrected chi connectivity index (χ0v) is 11.8. The number of nitrogens with zero attached hydrogens (tertiary/aromatic N) is 2. The molecule has 0 bridgehead atoms. The van der Waals surface area contributed by atoms with Gasteiger partial charge in [-0.15, -0.1) is 0 Å². The van der Waals surface area contributed by atoms with Crippen molar-refractivity contribution in [2.75, 3.05) is 26.0 Å². The third kappa shape index (κ3) is 3.72. The summed E-state index contributed by atoms with van der Waals surface area (Å²) in [7, 11) is 3.67. The summed E-state index contributed by atoms with van der Waals surface area (Å²) in [6, 6.07) is 1.90. The van der Waals surface area contributed by atoms with Crippen LogP contribution in [0, 0.1) is 6.92 Å². The zero-order chi connectivity index (χ0) is 13.5. The van der Waals surface area contributed by atoms with Gasteiger partial charge in [0.25, 0.3) is 5.91 Å². The topological polar surface area (TPSA) is 45.2 Å². The molecule has 0 spiro atoms. The minimum Gasteiger partial charge on any atom is -0.387 e. The standard InChI is InChI=1S/C14H23N3O/c1-5-6-7-8-17(4)14(18)12-10-16-11(2)9-13(12)15-3/h9-10H,5-8H2,1-4H3,(H,15,16). The Bertz CT molecular complexity index is 404. The number of amides is 1. The summed E-state index contributed by atoms with van der Waals surface area (Å²) in [5.74, 6) is 0.0305. The van der Waals surface area contributed by atoms with Gasteiger partial charge in [0.05, 0.1) is 11.3 Å². The molecule has 1 aromatic heterocycles. The lowest BCUT2D eigenvalue weighted by atomic mass is 10.1. The maximum Gasteiger partial charge on any atom is 0.257 e. The van der Waals surface area contributed by atoms with Crippen LogP contribution in [0.5, 0.6) is 0 Å². The van der Waals surface area contributed by atoms with Gasteiger partial charge in [0.1, 0.15) is 0 Å². The highest BCUT2D eigenvalue weighted by Crippen LogP contribution is 2.17. The monoisotopic (exact) mass is 249 g/mol. The summed E-state index contributed by atoms with van der Waals surface area (Å²) in [5.41, 5.74) is 2.39. The van der Waals surface area contributed by atoms with Crippen LogP contribution in [0.15, 0.2) is 12.3 Å². The zero-order valence-electron chi connectivity index (χ0n) is 11.8. The largest absolute Gasteiger partial charge is 0.387 e. The molecular formula is C14H23N3O. The number of rotatable bonds is 6. The lowest BCUT2D eigenvalue weighted by Crippen LogP contribution is -2.28. The lowest BCUT2D eigenvalue weighted by molar-refractivity contribution is 0.0793. The van der Waals surface area contributed by atoms with Gasteiger partial charge < -0.3 is 10.2 Å². The molecule has 0 aromatic carbocycles. The van der Waals surface area contributed by atoms with Crippen LogP contribution in [0.3, 0.4) is 0 Å². The second kappa shape index (κ2) is 6.99. The van der Waals surface area contributed by atoms with Crippen LogP contribution in [-0.2, 0) is 0 Å². The molecule has 0 saturated heterocycles. The number of pyridine rings is 1. The molecule has 18 heavy (non-hydrogen) atoms. The molecule has 4 heteroatoms. The van der Waals surface area contributed by atoms with E-state index in [4.69, 9.17) is 0 Å². The third-order valence-electron chi connectivity index (χ3n) is 2.98. The summed E-state index contributed by atoms with van der Waals surface area (Å²) < 4.78 is 0. The van der Waals surface area contributed by atoms with Gasteiger partial charge in [-0.25, -0.2) is 0 Å². The summed E-state index contributed by atoms with van der Waals surface area (Å²) >= 11 is 0. The van der Waals surface area contributed by atoms with Gasteiger partial charge in [-0.2, -0.15) is 0 Å². The quantitative estimate of drug-likeness (QED) is 0.788. The van der Waals surface area contributed by atoms with Gasteiger partial charge in [-0.3, -0.25) is 9.78 Å². The highest BCUT2D eigenvalue weighted by atomic mass is 16.2. The van der Waals surface area contributed by atoms with Crippen molar-refractivity contribution in [3.63, 3.8) is 0 Å². The predicted molar refractivity (Wildman–Crippen MR) is 75.0 cm³/mol. The molecule has 0 unspecified atom stereocenters. The van der Waals surface area contributed by atoms with Crippen LogP contribution >= 0.6 is 0 Å². The van der Waals surface area contributed by atoms with E-state index in [1.807, 2.05) is 27.1 Å². The van der Waals surface area contributed by atoms with Crippen molar-refractivity contribution < 1.29 is 4.79 Å². The number of aryl methyl sites for hydroxylation is 1. The summed E-state index contributed by atoms with van der Waals surface area (Å²) in [6.07, 6.45) is 5.02. The Balaban J connectivity index is 2.76. The van der Waals surface area contributed by atoms with Gasteiger partial charge in [-0.05, 0) is 19.4 Å². The van der Waals surface area contributed by atoms with E-state index in [-0.39, 0.29) is 5.91 Å². The van der Waals surface area contributed by atoms with Gasteiger partial charge in [0.15, 0.2) is 0 Å². The van der Waals surface area contributed by atoms with Gasteiger partial charge in [0, 0.05) is 32.5 Å². The first kappa shape index (κ1) is 14.5. The Morgan fingerprint density at radius 2 is 2.17 bits per heavy atom. The molecule has 1 N–H and O–H groups in total. The van der Waals surface area contributed by atoms with Crippen molar-refractivity contribution in [1.82, 2.24) is 9.88 Å². The maximum atomic E-state index is 12.3. The number of unbranched alkanes of at least 4 members (excludes halogenated alkanes) is 2. The molecule has 0 fully saturated rings. The SMILES string of the molecule is CCCCCN(C)C(=O)c1cnc(C)cc1NC. The fraction of sp³-hybridized carbons (Fsp3) is 0.571.